The van der Waals surface area contributed by atoms with E-state index in [1.54, 1.807) is 0 Å². The second kappa shape index (κ2) is 7.02. The molecule has 4 nitrogen and oxygen atoms in total. The summed E-state index contributed by atoms with van der Waals surface area (Å²) in [5.41, 5.74) is 2.70. The fourth-order valence-corrected chi connectivity index (χ4v) is 3.60. The molecule has 0 radical (unpaired) electrons. The maximum Gasteiger partial charge on any atom is 0.249 e. The number of hydrogen-bond donors (Lipinski definition) is 2. The van der Waals surface area contributed by atoms with Crippen molar-refractivity contribution in [2.24, 2.45) is 5.92 Å². The number of aryl methyl sites for hydroxylation is 1. The number of aliphatic hydroxyl groups excluding tert-OH is 1. The first-order valence-corrected chi connectivity index (χ1v) is 8.84. The average molecular weight is 316 g/mol. The summed E-state index contributed by atoms with van der Waals surface area (Å²) in [4.78, 5) is 14.5. The predicted octanol–water partition coefficient (Wildman–Crippen LogP) is 2.41. The molecule has 3 rings (SSSR count). The predicted molar refractivity (Wildman–Crippen MR) is 91.1 cm³/mol. The van der Waals surface area contributed by atoms with Crippen molar-refractivity contribution in [3.05, 3.63) is 35.4 Å². The minimum absolute atomic E-state index is 0.0917. The number of nitrogens with one attached hydrogen (secondary N) is 1. The Bertz CT molecular complexity index is 548. The van der Waals surface area contributed by atoms with E-state index in [1.165, 1.54) is 11.1 Å². The number of rotatable bonds is 5. The molecule has 1 aromatic rings. The minimum atomic E-state index is -0.841. The van der Waals surface area contributed by atoms with Gasteiger partial charge in [0, 0.05) is 12.1 Å². The van der Waals surface area contributed by atoms with Crippen molar-refractivity contribution in [2.45, 2.75) is 57.7 Å². The average Bonchev–Trinajstić information content (AvgIpc) is 3.38. The zero-order chi connectivity index (χ0) is 16.4. The third-order valence-electron chi connectivity index (χ3n) is 5.40. The van der Waals surface area contributed by atoms with Gasteiger partial charge >= 0.3 is 0 Å². The van der Waals surface area contributed by atoms with Crippen molar-refractivity contribution in [1.82, 2.24) is 10.2 Å². The monoisotopic (exact) mass is 316 g/mol. The van der Waals surface area contributed by atoms with Crippen molar-refractivity contribution in [3.8, 4) is 0 Å². The molecule has 2 fully saturated rings. The van der Waals surface area contributed by atoms with Crippen LogP contribution in [-0.2, 0) is 4.79 Å². The maximum atomic E-state index is 12.0. The zero-order valence-electron chi connectivity index (χ0n) is 14.2. The highest BCUT2D eigenvalue weighted by atomic mass is 16.3. The number of carbonyl (C=O) groups is 1. The van der Waals surface area contributed by atoms with Gasteiger partial charge in [0.25, 0.3) is 0 Å². The van der Waals surface area contributed by atoms with E-state index in [2.05, 4.69) is 48.3 Å². The van der Waals surface area contributed by atoms with Crippen LogP contribution in [0.25, 0.3) is 0 Å². The summed E-state index contributed by atoms with van der Waals surface area (Å²) < 4.78 is 0. The van der Waals surface area contributed by atoms with Crippen LogP contribution < -0.4 is 5.32 Å². The third kappa shape index (κ3) is 3.93. The van der Waals surface area contributed by atoms with Gasteiger partial charge in [0.15, 0.2) is 0 Å². The Morgan fingerprint density at radius 1 is 1.22 bits per heavy atom. The summed E-state index contributed by atoms with van der Waals surface area (Å²) in [6.07, 6.45) is 3.05. The van der Waals surface area contributed by atoms with Crippen molar-refractivity contribution in [1.29, 1.82) is 0 Å². The van der Waals surface area contributed by atoms with Gasteiger partial charge in [0.05, 0.1) is 0 Å². The Labute approximate surface area is 138 Å². The standard InChI is InChI=1S/C19H28N2O2/c1-13-5-3-4-6-17(13)14(2)21-11-9-15(10-12-21)18(22)19(23)20-16-7-8-16/h3-6,14-16,18,22H,7-12H2,1-2H3,(H,20,23)/t14-,18-/m1/s1. The molecule has 2 N–H and O–H groups in total. The fourth-order valence-electron chi connectivity index (χ4n) is 3.60. The largest absolute Gasteiger partial charge is 0.383 e. The van der Waals surface area contributed by atoms with Gasteiger partial charge in [-0.1, -0.05) is 24.3 Å². The van der Waals surface area contributed by atoms with Crippen LogP contribution in [0.2, 0.25) is 0 Å². The molecule has 23 heavy (non-hydrogen) atoms. The van der Waals surface area contributed by atoms with Crippen LogP contribution in [0.4, 0.5) is 0 Å². The van der Waals surface area contributed by atoms with Crippen molar-refractivity contribution >= 4 is 5.91 Å². The molecular formula is C19H28N2O2. The van der Waals surface area contributed by atoms with E-state index in [0.29, 0.717) is 12.1 Å². The van der Waals surface area contributed by atoms with Crippen LogP contribution in [0.1, 0.15) is 49.8 Å². The van der Waals surface area contributed by atoms with Gasteiger partial charge in [-0.25, -0.2) is 0 Å². The number of piperidine rings is 1. The van der Waals surface area contributed by atoms with Crippen LogP contribution in [0.15, 0.2) is 24.3 Å². The molecule has 2 aliphatic rings. The molecule has 0 unspecified atom stereocenters. The summed E-state index contributed by atoms with van der Waals surface area (Å²) >= 11 is 0. The summed E-state index contributed by atoms with van der Waals surface area (Å²) in [6, 6.07) is 9.23. The van der Waals surface area contributed by atoms with Gasteiger partial charge in [-0.2, -0.15) is 0 Å². The Hall–Kier alpha value is -1.39. The van der Waals surface area contributed by atoms with Crippen LogP contribution in [0.3, 0.4) is 0 Å². The van der Waals surface area contributed by atoms with E-state index in [0.717, 1.165) is 38.8 Å². The van der Waals surface area contributed by atoms with E-state index < -0.39 is 6.10 Å². The number of likely N-dealkylation sites (tertiary alicyclic amines) is 1. The van der Waals surface area contributed by atoms with Gasteiger partial charge in [-0.3, -0.25) is 9.69 Å². The van der Waals surface area contributed by atoms with Crippen LogP contribution >= 0.6 is 0 Å². The lowest BCUT2D eigenvalue weighted by molar-refractivity contribution is -0.133. The van der Waals surface area contributed by atoms with E-state index in [1.807, 2.05) is 0 Å². The van der Waals surface area contributed by atoms with E-state index in [9.17, 15) is 9.90 Å². The summed E-state index contributed by atoms with van der Waals surface area (Å²) in [6.45, 7) is 6.28. The zero-order valence-corrected chi connectivity index (χ0v) is 14.2. The fraction of sp³-hybridized carbons (Fsp3) is 0.632. The number of hydrogen-bond acceptors (Lipinski definition) is 3. The normalized spacial score (nSPS) is 22.6. The molecule has 1 heterocycles. The number of amides is 1. The van der Waals surface area contributed by atoms with Gasteiger partial charge in [-0.05, 0) is 69.7 Å². The lowest BCUT2D eigenvalue weighted by Crippen LogP contribution is -2.45. The van der Waals surface area contributed by atoms with E-state index in [-0.39, 0.29) is 11.8 Å². The van der Waals surface area contributed by atoms with Crippen molar-refractivity contribution in [2.75, 3.05) is 13.1 Å². The number of nitrogens with zero attached hydrogens (tertiary/aromatic N) is 1. The Morgan fingerprint density at radius 2 is 1.87 bits per heavy atom. The highest BCUT2D eigenvalue weighted by Gasteiger charge is 2.34. The van der Waals surface area contributed by atoms with E-state index >= 15 is 0 Å². The number of carbonyl (C=O) groups excluding carboxylic acids is 1. The first kappa shape index (κ1) is 16.5. The molecular weight excluding hydrogens is 288 g/mol. The molecule has 1 saturated carbocycles. The summed E-state index contributed by atoms with van der Waals surface area (Å²) in [7, 11) is 0. The molecule has 1 amide bonds. The molecule has 1 aromatic carbocycles. The molecule has 1 aliphatic carbocycles. The highest BCUT2D eigenvalue weighted by molar-refractivity contribution is 5.81. The van der Waals surface area contributed by atoms with Crippen LogP contribution in [0, 0.1) is 12.8 Å². The van der Waals surface area contributed by atoms with Gasteiger partial charge < -0.3 is 10.4 Å². The van der Waals surface area contributed by atoms with Crippen LogP contribution in [0.5, 0.6) is 0 Å². The van der Waals surface area contributed by atoms with Gasteiger partial charge in [0.1, 0.15) is 6.10 Å². The molecule has 126 valence electrons. The third-order valence-corrected chi connectivity index (χ3v) is 5.40. The van der Waals surface area contributed by atoms with Crippen LogP contribution in [-0.4, -0.2) is 41.1 Å². The van der Waals surface area contributed by atoms with Gasteiger partial charge in [-0.15, -0.1) is 0 Å². The first-order chi connectivity index (χ1) is 11.1. The summed E-state index contributed by atoms with van der Waals surface area (Å²) in [5.74, 6) is -0.0769. The molecule has 0 bridgehead atoms. The maximum absolute atomic E-state index is 12.0. The first-order valence-electron chi connectivity index (χ1n) is 8.84. The lowest BCUT2D eigenvalue weighted by Gasteiger charge is -2.37. The highest BCUT2D eigenvalue weighted by Crippen LogP contribution is 2.30. The molecule has 1 saturated heterocycles. The van der Waals surface area contributed by atoms with Gasteiger partial charge in [0.2, 0.25) is 5.91 Å². The second-order valence-electron chi connectivity index (χ2n) is 7.13. The smallest absolute Gasteiger partial charge is 0.249 e. The minimum Gasteiger partial charge on any atom is -0.383 e. The van der Waals surface area contributed by atoms with E-state index in [4.69, 9.17) is 0 Å². The SMILES string of the molecule is Cc1ccccc1[C@@H](C)N1CCC([C@@H](O)C(=O)NC2CC2)CC1. The lowest BCUT2D eigenvalue weighted by atomic mass is 9.89. The molecule has 1 aliphatic heterocycles. The number of benzene rings is 1. The molecule has 2 atom stereocenters. The summed E-state index contributed by atoms with van der Waals surface area (Å²) in [5, 5.41) is 13.2. The molecule has 0 spiro atoms. The second-order valence-corrected chi connectivity index (χ2v) is 7.13. The number of aliphatic hydroxyl groups is 1. The molecule has 0 aromatic heterocycles. The van der Waals surface area contributed by atoms with Crippen molar-refractivity contribution in [3.63, 3.8) is 0 Å². The Kier molecular flexibility index (Phi) is 5.02. The quantitative estimate of drug-likeness (QED) is 0.877. The Morgan fingerprint density at radius 3 is 2.48 bits per heavy atom. The van der Waals surface area contributed by atoms with Crippen molar-refractivity contribution < 1.29 is 9.90 Å². The topological polar surface area (TPSA) is 52.6 Å². The molecule has 4 heteroatoms. The Balaban J connectivity index is 1.53.